The van der Waals surface area contributed by atoms with Crippen LogP contribution in [-0.2, 0) is 0 Å². The number of nitrogens with one attached hydrogen (secondary N) is 1. The van der Waals surface area contributed by atoms with E-state index in [1.54, 1.807) is 6.07 Å². The Morgan fingerprint density at radius 3 is 2.45 bits per heavy atom. The molecule has 0 aromatic heterocycles. The van der Waals surface area contributed by atoms with E-state index in [0.29, 0.717) is 0 Å². The van der Waals surface area contributed by atoms with Crippen LogP contribution in [0.4, 0.5) is 4.39 Å². The second kappa shape index (κ2) is 9.56. The molecule has 2 rings (SSSR count). The molecule has 0 spiro atoms. The molecule has 0 unspecified atom stereocenters. The second-order valence-corrected chi connectivity index (χ2v) is 5.12. The van der Waals surface area contributed by atoms with E-state index in [-0.39, 0.29) is 36.7 Å². The molecule has 0 aliphatic carbocycles. The minimum Gasteiger partial charge on any atom is -0.314 e. The van der Waals surface area contributed by atoms with E-state index in [1.807, 2.05) is 19.1 Å². The van der Waals surface area contributed by atoms with E-state index in [0.717, 1.165) is 50.1 Å². The van der Waals surface area contributed by atoms with E-state index in [9.17, 15) is 4.39 Å². The average molecular weight is 323 g/mol. The van der Waals surface area contributed by atoms with Gasteiger partial charge in [0.05, 0.1) is 0 Å². The van der Waals surface area contributed by atoms with Gasteiger partial charge in [0.1, 0.15) is 5.82 Å². The minimum atomic E-state index is -0.0491. The molecule has 1 atom stereocenters. The van der Waals surface area contributed by atoms with E-state index >= 15 is 0 Å². The highest BCUT2D eigenvalue weighted by atomic mass is 35.5. The van der Waals surface area contributed by atoms with Crippen LogP contribution in [0.1, 0.15) is 36.9 Å². The molecule has 0 bridgehead atoms. The van der Waals surface area contributed by atoms with Crippen LogP contribution >= 0.6 is 24.8 Å². The number of halogens is 3. The summed E-state index contributed by atoms with van der Waals surface area (Å²) < 4.78 is 14.1. The van der Waals surface area contributed by atoms with Crippen LogP contribution in [0.15, 0.2) is 18.2 Å². The first-order valence-electron chi connectivity index (χ1n) is 6.93. The molecule has 1 aliphatic heterocycles. The molecule has 1 saturated heterocycles. The van der Waals surface area contributed by atoms with Crippen LogP contribution in [0.25, 0.3) is 0 Å². The zero-order valence-electron chi connectivity index (χ0n) is 12.2. The summed E-state index contributed by atoms with van der Waals surface area (Å²) in [5.41, 5.74) is 1.86. The third-order valence-corrected chi connectivity index (χ3v) is 3.67. The predicted molar refractivity (Wildman–Crippen MR) is 87.7 cm³/mol. The Hall–Kier alpha value is -0.350. The Morgan fingerprint density at radius 1 is 1.25 bits per heavy atom. The lowest BCUT2D eigenvalue weighted by molar-refractivity contribution is 0.161. The molecule has 1 N–H and O–H groups in total. The van der Waals surface area contributed by atoms with Crippen molar-refractivity contribution in [3.05, 3.63) is 35.1 Å². The third-order valence-electron chi connectivity index (χ3n) is 3.67. The number of aryl methyl sites for hydroxylation is 1. The summed E-state index contributed by atoms with van der Waals surface area (Å²) in [6.45, 7) is 8.14. The van der Waals surface area contributed by atoms with Crippen LogP contribution in [0.2, 0.25) is 0 Å². The normalized spacial score (nSPS) is 16.9. The van der Waals surface area contributed by atoms with Crippen molar-refractivity contribution in [3.63, 3.8) is 0 Å². The molecule has 2 nitrogen and oxygen atoms in total. The van der Waals surface area contributed by atoms with E-state index < -0.39 is 0 Å². The maximum atomic E-state index is 14.1. The molecule has 0 saturated carbocycles. The summed E-state index contributed by atoms with van der Waals surface area (Å²) in [5, 5.41) is 3.35. The van der Waals surface area contributed by atoms with Gasteiger partial charge in [-0.1, -0.05) is 25.5 Å². The van der Waals surface area contributed by atoms with Crippen molar-refractivity contribution in [3.8, 4) is 0 Å². The summed E-state index contributed by atoms with van der Waals surface area (Å²) in [6.07, 6.45) is 2.11. The van der Waals surface area contributed by atoms with Crippen molar-refractivity contribution in [1.82, 2.24) is 10.2 Å². The highest BCUT2D eigenvalue weighted by Crippen LogP contribution is 2.28. The Bertz CT molecular complexity index is 395. The summed E-state index contributed by atoms with van der Waals surface area (Å²) in [7, 11) is 0. The molecule has 20 heavy (non-hydrogen) atoms. The Morgan fingerprint density at radius 2 is 1.90 bits per heavy atom. The highest BCUT2D eigenvalue weighted by molar-refractivity contribution is 5.85. The van der Waals surface area contributed by atoms with E-state index in [2.05, 4.69) is 17.1 Å². The fraction of sp³-hybridized carbons (Fsp3) is 0.600. The van der Waals surface area contributed by atoms with Crippen LogP contribution in [-0.4, -0.2) is 31.1 Å². The van der Waals surface area contributed by atoms with Gasteiger partial charge in [0.15, 0.2) is 0 Å². The number of piperazine rings is 1. The summed E-state index contributed by atoms with van der Waals surface area (Å²) in [4.78, 5) is 2.41. The fourth-order valence-corrected chi connectivity index (χ4v) is 2.70. The Labute approximate surface area is 133 Å². The Balaban J connectivity index is 0.00000180. The molecule has 1 aromatic rings. The van der Waals surface area contributed by atoms with E-state index in [4.69, 9.17) is 0 Å². The minimum absolute atomic E-state index is 0. The first-order chi connectivity index (χ1) is 8.72. The molecule has 1 aromatic carbocycles. The Kier molecular flexibility index (Phi) is 9.39. The molecular weight excluding hydrogens is 298 g/mol. The number of benzene rings is 1. The molecule has 5 heteroatoms. The standard InChI is InChI=1S/C15H23FN2.2ClH/c1-3-4-15(18-9-7-17-8-10-18)13-6-5-12(2)11-14(13)16;;/h5-6,11,15,17H,3-4,7-10H2,1-2H3;2*1H/t15-;;/m1../s1. The van der Waals surface area contributed by atoms with Crippen molar-refractivity contribution in [2.75, 3.05) is 26.2 Å². The van der Waals surface area contributed by atoms with Crippen LogP contribution < -0.4 is 5.32 Å². The van der Waals surface area contributed by atoms with Crippen molar-refractivity contribution in [1.29, 1.82) is 0 Å². The largest absolute Gasteiger partial charge is 0.314 e. The quantitative estimate of drug-likeness (QED) is 0.908. The number of hydrogen-bond donors (Lipinski definition) is 1. The summed E-state index contributed by atoms with van der Waals surface area (Å²) in [6, 6.07) is 5.87. The van der Waals surface area contributed by atoms with Gasteiger partial charge in [0.2, 0.25) is 0 Å². The fourth-order valence-electron chi connectivity index (χ4n) is 2.70. The molecule has 0 radical (unpaired) electrons. The zero-order valence-corrected chi connectivity index (χ0v) is 13.8. The maximum Gasteiger partial charge on any atom is 0.128 e. The lowest BCUT2D eigenvalue weighted by Gasteiger charge is -2.35. The van der Waals surface area contributed by atoms with Gasteiger partial charge in [-0.3, -0.25) is 4.90 Å². The lowest BCUT2D eigenvalue weighted by atomic mass is 9.98. The van der Waals surface area contributed by atoms with Gasteiger partial charge in [-0.15, -0.1) is 24.8 Å². The number of rotatable bonds is 4. The van der Waals surface area contributed by atoms with Crippen LogP contribution in [0.3, 0.4) is 0 Å². The molecule has 116 valence electrons. The monoisotopic (exact) mass is 322 g/mol. The maximum absolute atomic E-state index is 14.1. The highest BCUT2D eigenvalue weighted by Gasteiger charge is 2.23. The van der Waals surface area contributed by atoms with Gasteiger partial charge in [-0.2, -0.15) is 0 Å². The molecule has 1 fully saturated rings. The molecule has 1 aliphatic rings. The zero-order chi connectivity index (χ0) is 13.0. The van der Waals surface area contributed by atoms with E-state index in [1.165, 1.54) is 0 Å². The van der Waals surface area contributed by atoms with Gasteiger partial charge in [-0.05, 0) is 25.0 Å². The van der Waals surface area contributed by atoms with Crippen LogP contribution in [0.5, 0.6) is 0 Å². The smallest absolute Gasteiger partial charge is 0.128 e. The summed E-state index contributed by atoms with van der Waals surface area (Å²) in [5.74, 6) is -0.0491. The van der Waals surface area contributed by atoms with Crippen molar-refractivity contribution < 1.29 is 4.39 Å². The van der Waals surface area contributed by atoms with Gasteiger partial charge < -0.3 is 5.32 Å². The lowest BCUT2D eigenvalue weighted by Crippen LogP contribution is -2.45. The third kappa shape index (κ3) is 4.88. The molecule has 0 amide bonds. The van der Waals surface area contributed by atoms with Crippen molar-refractivity contribution >= 4 is 24.8 Å². The van der Waals surface area contributed by atoms with Crippen LogP contribution in [0, 0.1) is 12.7 Å². The molecular formula is C15H25Cl2FN2. The first-order valence-corrected chi connectivity index (χ1v) is 6.93. The van der Waals surface area contributed by atoms with Gasteiger partial charge in [0, 0.05) is 37.8 Å². The second-order valence-electron chi connectivity index (χ2n) is 5.12. The number of hydrogen-bond acceptors (Lipinski definition) is 2. The predicted octanol–water partition coefficient (Wildman–Crippen LogP) is 3.72. The van der Waals surface area contributed by atoms with Gasteiger partial charge in [-0.25, -0.2) is 4.39 Å². The van der Waals surface area contributed by atoms with Gasteiger partial charge in [0.25, 0.3) is 0 Å². The average Bonchev–Trinajstić information content (AvgIpc) is 2.38. The topological polar surface area (TPSA) is 15.3 Å². The van der Waals surface area contributed by atoms with Gasteiger partial charge >= 0.3 is 0 Å². The van der Waals surface area contributed by atoms with Crippen molar-refractivity contribution in [2.24, 2.45) is 0 Å². The number of nitrogens with zero attached hydrogens (tertiary/aromatic N) is 1. The molecule has 1 heterocycles. The first kappa shape index (κ1) is 19.7. The summed E-state index contributed by atoms with van der Waals surface area (Å²) >= 11 is 0. The van der Waals surface area contributed by atoms with Crippen molar-refractivity contribution in [2.45, 2.75) is 32.7 Å². The SMILES string of the molecule is CCC[C@H](c1ccc(C)cc1F)N1CCNCC1.Cl.Cl.